The monoisotopic (exact) mass is 390 g/mol. The molecule has 3 rings (SSSR count). The third-order valence-electron chi connectivity index (χ3n) is 4.71. The number of benzene rings is 3. The SMILES string of the molecule is CCC(C)c1ccc(NC(=S)Nc2ccc(OCc3ccccc3)cc2)cc1. The summed E-state index contributed by atoms with van der Waals surface area (Å²) in [7, 11) is 0. The fourth-order valence-electron chi connectivity index (χ4n) is 2.80. The van der Waals surface area contributed by atoms with Crippen molar-refractivity contribution in [2.45, 2.75) is 32.8 Å². The first-order valence-corrected chi connectivity index (χ1v) is 9.99. The Morgan fingerprint density at radius 1 is 0.857 bits per heavy atom. The molecule has 2 N–H and O–H groups in total. The van der Waals surface area contributed by atoms with Gasteiger partial charge >= 0.3 is 0 Å². The van der Waals surface area contributed by atoms with E-state index in [9.17, 15) is 0 Å². The summed E-state index contributed by atoms with van der Waals surface area (Å²) >= 11 is 5.42. The smallest absolute Gasteiger partial charge is 0.175 e. The molecule has 0 amide bonds. The fraction of sp³-hybridized carbons (Fsp3) is 0.208. The largest absolute Gasteiger partial charge is 0.489 e. The van der Waals surface area contributed by atoms with E-state index in [1.807, 2.05) is 42.5 Å². The van der Waals surface area contributed by atoms with Crippen LogP contribution < -0.4 is 15.4 Å². The second-order valence-electron chi connectivity index (χ2n) is 6.81. The first kappa shape index (κ1) is 19.9. The number of rotatable bonds is 7. The van der Waals surface area contributed by atoms with E-state index in [1.54, 1.807) is 0 Å². The third kappa shape index (κ3) is 5.83. The predicted molar refractivity (Wildman–Crippen MR) is 122 cm³/mol. The molecule has 0 bridgehead atoms. The molecule has 0 aliphatic rings. The minimum Gasteiger partial charge on any atom is -0.489 e. The summed E-state index contributed by atoms with van der Waals surface area (Å²) in [6, 6.07) is 26.4. The van der Waals surface area contributed by atoms with Gasteiger partial charge in [-0.25, -0.2) is 0 Å². The lowest BCUT2D eigenvalue weighted by molar-refractivity contribution is 0.306. The van der Waals surface area contributed by atoms with Gasteiger partial charge in [0.25, 0.3) is 0 Å². The zero-order chi connectivity index (χ0) is 19.8. The van der Waals surface area contributed by atoms with Crippen molar-refractivity contribution in [2.75, 3.05) is 10.6 Å². The lowest BCUT2D eigenvalue weighted by Crippen LogP contribution is -2.19. The average molecular weight is 391 g/mol. The second-order valence-corrected chi connectivity index (χ2v) is 7.22. The van der Waals surface area contributed by atoms with Crippen molar-refractivity contribution >= 4 is 28.7 Å². The van der Waals surface area contributed by atoms with E-state index in [2.05, 4.69) is 60.9 Å². The van der Waals surface area contributed by atoms with Gasteiger partial charge in [0, 0.05) is 11.4 Å². The number of thiocarbonyl (C=S) groups is 1. The highest BCUT2D eigenvalue weighted by Gasteiger charge is 2.04. The molecule has 4 heteroatoms. The molecule has 0 aromatic heterocycles. The molecule has 1 atom stereocenters. The molecular formula is C24H26N2OS. The van der Waals surface area contributed by atoms with Gasteiger partial charge in [0.15, 0.2) is 5.11 Å². The average Bonchev–Trinajstić information content (AvgIpc) is 2.74. The van der Waals surface area contributed by atoms with Crippen LogP contribution in [0.1, 0.15) is 37.3 Å². The summed E-state index contributed by atoms with van der Waals surface area (Å²) in [5.41, 5.74) is 4.39. The van der Waals surface area contributed by atoms with Crippen molar-refractivity contribution in [3.63, 3.8) is 0 Å². The Morgan fingerprint density at radius 3 is 2.00 bits per heavy atom. The summed E-state index contributed by atoms with van der Waals surface area (Å²) in [6.07, 6.45) is 1.14. The number of hydrogen-bond acceptors (Lipinski definition) is 2. The van der Waals surface area contributed by atoms with E-state index in [0.29, 0.717) is 17.6 Å². The number of nitrogens with one attached hydrogen (secondary N) is 2. The van der Waals surface area contributed by atoms with Gasteiger partial charge in [-0.05, 0) is 72.1 Å². The molecule has 0 fully saturated rings. The molecule has 0 aliphatic carbocycles. The van der Waals surface area contributed by atoms with Crippen LogP contribution in [0.15, 0.2) is 78.9 Å². The Bertz CT molecular complexity index is 877. The summed E-state index contributed by atoms with van der Waals surface area (Å²) in [5, 5.41) is 6.99. The highest BCUT2D eigenvalue weighted by Crippen LogP contribution is 2.21. The van der Waals surface area contributed by atoms with Crippen LogP contribution in [-0.4, -0.2) is 5.11 Å². The van der Waals surface area contributed by atoms with Gasteiger partial charge < -0.3 is 15.4 Å². The number of hydrogen-bond donors (Lipinski definition) is 2. The molecule has 0 spiro atoms. The van der Waals surface area contributed by atoms with Gasteiger partial charge in [-0.15, -0.1) is 0 Å². The summed E-state index contributed by atoms with van der Waals surface area (Å²) < 4.78 is 5.81. The summed E-state index contributed by atoms with van der Waals surface area (Å²) in [6.45, 7) is 5.00. The zero-order valence-corrected chi connectivity index (χ0v) is 17.1. The van der Waals surface area contributed by atoms with Gasteiger partial charge in [-0.2, -0.15) is 0 Å². The molecule has 1 unspecified atom stereocenters. The van der Waals surface area contributed by atoms with Gasteiger partial charge in [-0.1, -0.05) is 56.3 Å². The molecule has 3 nitrogen and oxygen atoms in total. The normalized spacial score (nSPS) is 11.5. The number of ether oxygens (including phenoxy) is 1. The molecule has 0 heterocycles. The van der Waals surface area contributed by atoms with Crippen molar-refractivity contribution in [1.29, 1.82) is 0 Å². The predicted octanol–water partition coefficient (Wildman–Crippen LogP) is 6.59. The van der Waals surface area contributed by atoms with Crippen molar-refractivity contribution in [3.8, 4) is 5.75 Å². The van der Waals surface area contributed by atoms with E-state index < -0.39 is 0 Å². The van der Waals surface area contributed by atoms with Crippen molar-refractivity contribution in [3.05, 3.63) is 90.0 Å². The first-order valence-electron chi connectivity index (χ1n) is 9.59. The van der Waals surface area contributed by atoms with E-state index in [1.165, 1.54) is 5.56 Å². The molecule has 0 aliphatic heterocycles. The Kier molecular flexibility index (Phi) is 7.04. The van der Waals surface area contributed by atoms with Gasteiger partial charge in [0.05, 0.1) is 0 Å². The first-order chi connectivity index (χ1) is 13.6. The van der Waals surface area contributed by atoms with Crippen molar-refractivity contribution in [2.24, 2.45) is 0 Å². The highest BCUT2D eigenvalue weighted by molar-refractivity contribution is 7.80. The van der Waals surface area contributed by atoms with E-state index in [-0.39, 0.29) is 0 Å². The Hall–Kier alpha value is -2.85. The minimum atomic E-state index is 0.556. The van der Waals surface area contributed by atoms with Crippen LogP contribution in [0.5, 0.6) is 5.75 Å². The molecule has 3 aromatic carbocycles. The Morgan fingerprint density at radius 2 is 1.43 bits per heavy atom. The maximum Gasteiger partial charge on any atom is 0.175 e. The molecule has 0 saturated heterocycles. The molecule has 0 radical (unpaired) electrons. The van der Waals surface area contributed by atoms with E-state index in [4.69, 9.17) is 17.0 Å². The molecule has 3 aromatic rings. The van der Waals surface area contributed by atoms with Crippen LogP contribution in [-0.2, 0) is 6.61 Å². The van der Waals surface area contributed by atoms with E-state index >= 15 is 0 Å². The highest BCUT2D eigenvalue weighted by atomic mass is 32.1. The van der Waals surface area contributed by atoms with Crippen LogP contribution >= 0.6 is 12.2 Å². The van der Waals surface area contributed by atoms with Gasteiger partial charge in [0.1, 0.15) is 12.4 Å². The van der Waals surface area contributed by atoms with Crippen LogP contribution in [0, 0.1) is 0 Å². The summed E-state index contributed by atoms with van der Waals surface area (Å²) in [4.78, 5) is 0. The topological polar surface area (TPSA) is 33.3 Å². The van der Waals surface area contributed by atoms with Crippen molar-refractivity contribution < 1.29 is 4.74 Å². The maximum atomic E-state index is 5.81. The third-order valence-corrected chi connectivity index (χ3v) is 4.91. The minimum absolute atomic E-state index is 0.556. The standard InChI is InChI=1S/C24H26N2OS/c1-3-18(2)20-9-11-21(12-10-20)25-24(28)26-22-13-15-23(16-14-22)27-17-19-7-5-4-6-8-19/h4-16,18H,3,17H2,1-2H3,(H2,25,26,28). The Balaban J connectivity index is 1.50. The van der Waals surface area contributed by atoms with Gasteiger partial charge in [0.2, 0.25) is 0 Å². The fourth-order valence-corrected chi connectivity index (χ4v) is 3.04. The quantitative estimate of drug-likeness (QED) is 0.446. The second kappa shape index (κ2) is 9.90. The van der Waals surface area contributed by atoms with Crippen LogP contribution in [0.4, 0.5) is 11.4 Å². The lowest BCUT2D eigenvalue weighted by atomic mass is 9.99. The van der Waals surface area contributed by atoms with Crippen LogP contribution in [0.25, 0.3) is 0 Å². The molecule has 28 heavy (non-hydrogen) atoms. The Labute approximate surface area is 172 Å². The molecular weight excluding hydrogens is 364 g/mol. The zero-order valence-electron chi connectivity index (χ0n) is 16.3. The van der Waals surface area contributed by atoms with Crippen molar-refractivity contribution in [1.82, 2.24) is 0 Å². The lowest BCUT2D eigenvalue weighted by Gasteiger charge is -2.13. The molecule has 0 saturated carbocycles. The van der Waals surface area contributed by atoms with E-state index in [0.717, 1.165) is 29.1 Å². The summed E-state index contributed by atoms with van der Waals surface area (Å²) in [5.74, 6) is 1.40. The van der Waals surface area contributed by atoms with Crippen LogP contribution in [0.3, 0.4) is 0 Å². The van der Waals surface area contributed by atoms with Crippen LogP contribution in [0.2, 0.25) is 0 Å². The number of anilines is 2. The maximum absolute atomic E-state index is 5.81. The van der Waals surface area contributed by atoms with Gasteiger partial charge in [-0.3, -0.25) is 0 Å². The molecule has 144 valence electrons.